The summed E-state index contributed by atoms with van der Waals surface area (Å²) in [5, 5.41) is 14.3. The Kier molecular flexibility index (Phi) is 8.71. The summed E-state index contributed by atoms with van der Waals surface area (Å²) in [5.41, 5.74) is 3.91. The van der Waals surface area contributed by atoms with Gasteiger partial charge in [0.05, 0.1) is 18.7 Å². The minimum Gasteiger partial charge on any atom is -0.494 e. The maximum atomic E-state index is 13.9. The van der Waals surface area contributed by atoms with Crippen LogP contribution in [0.2, 0.25) is 0 Å². The molecule has 9 nitrogen and oxygen atoms in total. The maximum Gasteiger partial charge on any atom is 0.253 e. The van der Waals surface area contributed by atoms with Gasteiger partial charge in [-0.05, 0) is 65.6 Å². The van der Waals surface area contributed by atoms with Gasteiger partial charge in [-0.1, -0.05) is 79.9 Å². The number of piperazine rings is 1. The number of hydrogen-bond donors (Lipinski definition) is 1. The molecule has 0 spiro atoms. The lowest BCUT2D eigenvalue weighted by Crippen LogP contribution is -2.50. The molecule has 1 aliphatic heterocycles. The van der Waals surface area contributed by atoms with Gasteiger partial charge < -0.3 is 9.72 Å². The van der Waals surface area contributed by atoms with Crippen LogP contribution >= 0.6 is 0 Å². The molecule has 45 heavy (non-hydrogen) atoms. The van der Waals surface area contributed by atoms with E-state index >= 15 is 0 Å². The van der Waals surface area contributed by atoms with Crippen LogP contribution in [-0.2, 0) is 0 Å². The van der Waals surface area contributed by atoms with Gasteiger partial charge in [0.1, 0.15) is 11.8 Å². The smallest absolute Gasteiger partial charge is 0.253 e. The number of fused-ring (bicyclic) bond motifs is 1. The molecule has 232 valence electrons. The molecule has 0 amide bonds. The highest BCUT2D eigenvalue weighted by Crippen LogP contribution is 2.35. The summed E-state index contributed by atoms with van der Waals surface area (Å²) in [6.45, 7) is 5.79. The van der Waals surface area contributed by atoms with E-state index in [1.807, 2.05) is 35.9 Å². The van der Waals surface area contributed by atoms with Crippen molar-refractivity contribution in [1.29, 1.82) is 0 Å². The molecule has 1 saturated carbocycles. The quantitative estimate of drug-likeness (QED) is 0.224. The minimum absolute atomic E-state index is 0.108. The zero-order valence-electron chi connectivity index (χ0n) is 25.9. The first kappa shape index (κ1) is 29.4. The monoisotopic (exact) mass is 603 g/mol. The molecule has 3 aromatic carbocycles. The van der Waals surface area contributed by atoms with Crippen molar-refractivity contribution in [1.82, 2.24) is 35.0 Å². The van der Waals surface area contributed by atoms with Crippen LogP contribution in [0.3, 0.4) is 0 Å². The van der Waals surface area contributed by atoms with Crippen LogP contribution in [0.1, 0.15) is 79.7 Å². The number of aromatic amines is 1. The van der Waals surface area contributed by atoms with E-state index < -0.39 is 0 Å². The Morgan fingerprint density at radius 3 is 2.11 bits per heavy atom. The number of hydrogen-bond acceptors (Lipinski definition) is 7. The summed E-state index contributed by atoms with van der Waals surface area (Å²) in [6, 6.07) is 29.3. The SMILES string of the molecule is CCOc1ccc2[nH]c(=O)c([C@@H](c3nnnn3C3CCCCC3)N3CCN(C(c4ccccc4)c4ccccc4)CC3)cc2c1. The molecule has 1 saturated heterocycles. The molecule has 3 heterocycles. The predicted molar refractivity (Wildman–Crippen MR) is 175 cm³/mol. The van der Waals surface area contributed by atoms with E-state index in [4.69, 9.17) is 4.74 Å². The molecule has 0 bridgehead atoms. The fraction of sp³-hybridized carbons (Fsp3) is 0.389. The first-order chi connectivity index (χ1) is 22.2. The number of benzene rings is 3. The summed E-state index contributed by atoms with van der Waals surface area (Å²) in [5.74, 6) is 1.54. The lowest BCUT2D eigenvalue weighted by molar-refractivity contribution is 0.0845. The van der Waals surface area contributed by atoms with Crippen molar-refractivity contribution in [2.45, 2.75) is 57.2 Å². The van der Waals surface area contributed by atoms with Gasteiger partial charge in [0.2, 0.25) is 0 Å². The van der Waals surface area contributed by atoms with Crippen molar-refractivity contribution >= 4 is 10.9 Å². The number of pyridine rings is 1. The zero-order chi connectivity index (χ0) is 30.6. The van der Waals surface area contributed by atoms with Gasteiger partial charge in [-0.3, -0.25) is 14.6 Å². The fourth-order valence-electron chi connectivity index (χ4n) is 7.27. The van der Waals surface area contributed by atoms with Crippen molar-refractivity contribution in [2.75, 3.05) is 32.8 Å². The van der Waals surface area contributed by atoms with E-state index in [0.29, 0.717) is 12.2 Å². The van der Waals surface area contributed by atoms with Crippen LogP contribution in [0.15, 0.2) is 89.7 Å². The molecular weight excluding hydrogens is 562 g/mol. The predicted octanol–water partition coefficient (Wildman–Crippen LogP) is 5.92. The lowest BCUT2D eigenvalue weighted by Gasteiger charge is -2.42. The van der Waals surface area contributed by atoms with Crippen molar-refractivity contribution in [3.8, 4) is 5.75 Å². The number of ether oxygens (including phenoxy) is 1. The second kappa shape index (κ2) is 13.3. The fourth-order valence-corrected chi connectivity index (χ4v) is 7.27. The highest BCUT2D eigenvalue weighted by molar-refractivity contribution is 5.80. The Bertz CT molecular complexity index is 1720. The first-order valence-corrected chi connectivity index (χ1v) is 16.3. The van der Waals surface area contributed by atoms with Crippen molar-refractivity contribution in [3.63, 3.8) is 0 Å². The van der Waals surface area contributed by atoms with Crippen LogP contribution < -0.4 is 10.3 Å². The highest BCUT2D eigenvalue weighted by atomic mass is 16.5. The largest absolute Gasteiger partial charge is 0.494 e. The molecule has 1 atom stereocenters. The van der Waals surface area contributed by atoms with E-state index in [0.717, 1.165) is 61.5 Å². The number of H-pyrrole nitrogens is 1. The van der Waals surface area contributed by atoms with E-state index in [1.165, 1.54) is 30.4 Å². The minimum atomic E-state index is -0.375. The number of rotatable bonds is 9. The van der Waals surface area contributed by atoms with Gasteiger partial charge in [0, 0.05) is 42.6 Å². The molecular formula is C36H41N7O2. The number of tetrazole rings is 1. The van der Waals surface area contributed by atoms with Crippen molar-refractivity contribution in [2.24, 2.45) is 0 Å². The number of nitrogens with one attached hydrogen (secondary N) is 1. The molecule has 1 aliphatic carbocycles. The van der Waals surface area contributed by atoms with Crippen LogP contribution in [0.5, 0.6) is 5.75 Å². The van der Waals surface area contributed by atoms with E-state index in [2.05, 4.69) is 91.0 Å². The maximum absolute atomic E-state index is 13.9. The Morgan fingerprint density at radius 1 is 0.822 bits per heavy atom. The molecule has 2 fully saturated rings. The second-order valence-electron chi connectivity index (χ2n) is 12.2. The zero-order valence-corrected chi connectivity index (χ0v) is 25.9. The van der Waals surface area contributed by atoms with Gasteiger partial charge in [-0.15, -0.1) is 5.10 Å². The first-order valence-electron chi connectivity index (χ1n) is 16.3. The molecule has 1 N–H and O–H groups in total. The Labute approximate surface area is 263 Å². The van der Waals surface area contributed by atoms with Gasteiger partial charge in [-0.2, -0.15) is 0 Å². The Morgan fingerprint density at radius 2 is 1.47 bits per heavy atom. The summed E-state index contributed by atoms with van der Waals surface area (Å²) in [4.78, 5) is 22.0. The third-order valence-electron chi connectivity index (χ3n) is 9.44. The number of nitrogens with zero attached hydrogens (tertiary/aromatic N) is 6. The van der Waals surface area contributed by atoms with Crippen LogP contribution in [0.25, 0.3) is 10.9 Å². The van der Waals surface area contributed by atoms with Gasteiger partial charge >= 0.3 is 0 Å². The molecule has 2 aromatic heterocycles. The average molecular weight is 604 g/mol. The topological polar surface area (TPSA) is 92.2 Å². The van der Waals surface area contributed by atoms with E-state index in [9.17, 15) is 4.79 Å². The Balaban J connectivity index is 1.25. The standard InChI is InChI=1S/C36H41N7O2/c1-2-45-30-18-19-32-28(24-30)25-31(36(44)37-32)34(35-38-39-40-43(35)29-16-10-5-11-17-29)42-22-20-41(21-23-42)33(26-12-6-3-7-13-26)27-14-8-4-9-15-27/h3-4,6-9,12-15,18-19,24-25,29,33-34H,2,5,10-11,16-17,20-23H2,1H3,(H,37,44)/t34-/m0/s1. The normalized spacial score (nSPS) is 17.6. The summed E-state index contributed by atoms with van der Waals surface area (Å²) < 4.78 is 7.82. The van der Waals surface area contributed by atoms with Crippen molar-refractivity contribution < 1.29 is 4.74 Å². The lowest BCUT2D eigenvalue weighted by atomic mass is 9.94. The highest BCUT2D eigenvalue weighted by Gasteiger charge is 2.36. The van der Waals surface area contributed by atoms with E-state index in [1.54, 1.807) is 0 Å². The second-order valence-corrected chi connectivity index (χ2v) is 12.2. The van der Waals surface area contributed by atoms with Gasteiger partial charge in [0.15, 0.2) is 5.82 Å². The molecule has 7 rings (SSSR count). The third kappa shape index (κ3) is 6.15. The molecule has 5 aromatic rings. The van der Waals surface area contributed by atoms with Crippen LogP contribution in [-0.4, -0.2) is 67.8 Å². The van der Waals surface area contributed by atoms with Crippen molar-refractivity contribution in [3.05, 3.63) is 118 Å². The average Bonchev–Trinajstić information content (AvgIpc) is 3.57. The molecule has 0 unspecified atom stereocenters. The van der Waals surface area contributed by atoms with E-state index in [-0.39, 0.29) is 23.7 Å². The number of aromatic nitrogens is 5. The third-order valence-corrected chi connectivity index (χ3v) is 9.44. The molecule has 9 heteroatoms. The van der Waals surface area contributed by atoms with Gasteiger partial charge in [0.25, 0.3) is 5.56 Å². The molecule has 2 aliphatic rings. The van der Waals surface area contributed by atoms with Crippen LogP contribution in [0, 0.1) is 0 Å². The van der Waals surface area contributed by atoms with Gasteiger partial charge in [-0.25, -0.2) is 4.68 Å². The van der Waals surface area contributed by atoms with Crippen LogP contribution in [0.4, 0.5) is 0 Å². The summed E-state index contributed by atoms with van der Waals surface area (Å²) >= 11 is 0. The summed E-state index contributed by atoms with van der Waals surface area (Å²) in [7, 11) is 0. The molecule has 0 radical (unpaired) electrons. The summed E-state index contributed by atoms with van der Waals surface area (Å²) in [6.07, 6.45) is 5.70. The Hall–Kier alpha value is -4.34.